The fourth-order valence-corrected chi connectivity index (χ4v) is 2.90. The van der Waals surface area contributed by atoms with Gasteiger partial charge in [0, 0.05) is 25.7 Å². The molecule has 3 heteroatoms. The zero-order valence-electron chi connectivity index (χ0n) is 12.6. The predicted octanol–water partition coefficient (Wildman–Crippen LogP) is 2.45. The van der Waals surface area contributed by atoms with Gasteiger partial charge in [-0.3, -0.25) is 0 Å². The van der Waals surface area contributed by atoms with Crippen molar-refractivity contribution >= 4 is 0 Å². The fraction of sp³-hybridized carbons (Fsp3) is 0.647. The number of likely N-dealkylation sites (tertiary alicyclic amines) is 1. The van der Waals surface area contributed by atoms with Crippen molar-refractivity contribution in [3.63, 3.8) is 0 Å². The maximum absolute atomic E-state index is 5.86. The first-order valence-electron chi connectivity index (χ1n) is 7.89. The number of hydrogen-bond acceptors (Lipinski definition) is 3. The van der Waals surface area contributed by atoms with Crippen LogP contribution >= 0.6 is 0 Å². The molecule has 3 nitrogen and oxygen atoms in total. The summed E-state index contributed by atoms with van der Waals surface area (Å²) in [6, 6.07) is 11.4. The van der Waals surface area contributed by atoms with Crippen LogP contribution in [-0.4, -0.2) is 43.3 Å². The zero-order chi connectivity index (χ0) is 14.2. The highest BCUT2D eigenvalue weighted by molar-refractivity contribution is 5.15. The van der Waals surface area contributed by atoms with E-state index in [1.807, 2.05) is 0 Å². The van der Waals surface area contributed by atoms with Gasteiger partial charge in [-0.25, -0.2) is 0 Å². The second kappa shape index (κ2) is 8.40. The predicted molar refractivity (Wildman–Crippen MR) is 83.8 cm³/mol. The standard InChI is InChI=1S/C17H28N2O/c1-15(14-16-6-3-2-4-7-16)19-11-8-17(9-12-19)20-13-5-10-18/h2-4,6-7,15,17H,5,8-14,18H2,1H3. The van der Waals surface area contributed by atoms with Gasteiger partial charge in [-0.05, 0) is 44.7 Å². The van der Waals surface area contributed by atoms with E-state index in [-0.39, 0.29) is 0 Å². The highest BCUT2D eigenvalue weighted by atomic mass is 16.5. The summed E-state index contributed by atoms with van der Waals surface area (Å²) >= 11 is 0. The van der Waals surface area contributed by atoms with Crippen LogP contribution in [0, 0.1) is 0 Å². The van der Waals surface area contributed by atoms with Crippen molar-refractivity contribution in [3.8, 4) is 0 Å². The van der Waals surface area contributed by atoms with Gasteiger partial charge < -0.3 is 15.4 Å². The number of rotatable bonds is 7. The van der Waals surface area contributed by atoms with Gasteiger partial charge in [0.2, 0.25) is 0 Å². The van der Waals surface area contributed by atoms with Gasteiger partial charge >= 0.3 is 0 Å². The first-order chi connectivity index (χ1) is 9.79. The van der Waals surface area contributed by atoms with Gasteiger partial charge in [0.1, 0.15) is 0 Å². The van der Waals surface area contributed by atoms with E-state index < -0.39 is 0 Å². The molecule has 2 N–H and O–H groups in total. The summed E-state index contributed by atoms with van der Waals surface area (Å²) in [5, 5.41) is 0. The Morgan fingerprint density at radius 2 is 1.95 bits per heavy atom. The average molecular weight is 276 g/mol. The van der Waals surface area contributed by atoms with Crippen LogP contribution in [0.1, 0.15) is 31.7 Å². The number of ether oxygens (including phenoxy) is 1. The maximum Gasteiger partial charge on any atom is 0.0599 e. The highest BCUT2D eigenvalue weighted by Crippen LogP contribution is 2.18. The molecule has 1 fully saturated rings. The molecule has 1 unspecified atom stereocenters. The molecule has 0 radical (unpaired) electrons. The van der Waals surface area contributed by atoms with E-state index >= 15 is 0 Å². The van der Waals surface area contributed by atoms with Crippen molar-refractivity contribution in [1.82, 2.24) is 4.90 Å². The number of hydrogen-bond donors (Lipinski definition) is 1. The van der Waals surface area contributed by atoms with E-state index in [9.17, 15) is 0 Å². The first-order valence-corrected chi connectivity index (χ1v) is 7.89. The summed E-state index contributed by atoms with van der Waals surface area (Å²) < 4.78 is 5.86. The van der Waals surface area contributed by atoms with Crippen molar-refractivity contribution in [3.05, 3.63) is 35.9 Å². The number of benzene rings is 1. The van der Waals surface area contributed by atoms with E-state index in [2.05, 4.69) is 42.2 Å². The van der Waals surface area contributed by atoms with Crippen LogP contribution in [0.25, 0.3) is 0 Å². The molecule has 1 aliphatic rings. The van der Waals surface area contributed by atoms with Crippen LogP contribution in [0.3, 0.4) is 0 Å². The lowest BCUT2D eigenvalue weighted by Gasteiger charge is -2.36. The Balaban J connectivity index is 1.70. The maximum atomic E-state index is 5.86. The number of nitrogens with zero attached hydrogens (tertiary/aromatic N) is 1. The smallest absolute Gasteiger partial charge is 0.0599 e. The van der Waals surface area contributed by atoms with Crippen molar-refractivity contribution in [2.24, 2.45) is 5.73 Å². The summed E-state index contributed by atoms with van der Waals surface area (Å²) in [5.41, 5.74) is 6.92. The second-order valence-corrected chi connectivity index (χ2v) is 5.79. The van der Waals surface area contributed by atoms with Gasteiger partial charge in [0.25, 0.3) is 0 Å². The lowest BCUT2D eigenvalue weighted by atomic mass is 10.0. The van der Waals surface area contributed by atoms with Crippen LogP contribution in [0.5, 0.6) is 0 Å². The second-order valence-electron chi connectivity index (χ2n) is 5.79. The van der Waals surface area contributed by atoms with E-state index in [1.165, 1.54) is 5.56 Å². The Hall–Kier alpha value is -0.900. The Morgan fingerprint density at radius 1 is 1.25 bits per heavy atom. The van der Waals surface area contributed by atoms with E-state index in [0.717, 1.165) is 51.9 Å². The molecule has 1 heterocycles. The zero-order valence-corrected chi connectivity index (χ0v) is 12.6. The minimum absolute atomic E-state index is 0.446. The van der Waals surface area contributed by atoms with E-state index in [0.29, 0.717) is 12.1 Å². The third kappa shape index (κ3) is 4.89. The van der Waals surface area contributed by atoms with Gasteiger partial charge in [-0.2, -0.15) is 0 Å². The first kappa shape index (κ1) is 15.5. The van der Waals surface area contributed by atoms with Crippen molar-refractivity contribution in [1.29, 1.82) is 0 Å². The minimum atomic E-state index is 0.446. The Labute approximate surface area is 123 Å². The SMILES string of the molecule is CC(Cc1ccccc1)N1CCC(OCCCN)CC1. The normalized spacial score (nSPS) is 19.1. The molecular formula is C17H28N2O. The molecule has 1 aliphatic heterocycles. The third-order valence-electron chi connectivity index (χ3n) is 4.18. The largest absolute Gasteiger partial charge is 0.378 e. The van der Waals surface area contributed by atoms with Gasteiger partial charge in [-0.1, -0.05) is 30.3 Å². The Kier molecular flexibility index (Phi) is 6.51. The Morgan fingerprint density at radius 3 is 2.60 bits per heavy atom. The van der Waals surface area contributed by atoms with E-state index in [1.54, 1.807) is 0 Å². The number of piperidine rings is 1. The molecule has 2 rings (SSSR count). The summed E-state index contributed by atoms with van der Waals surface area (Å²) in [7, 11) is 0. The summed E-state index contributed by atoms with van der Waals surface area (Å²) in [6.07, 6.45) is 4.87. The third-order valence-corrected chi connectivity index (χ3v) is 4.18. The summed E-state index contributed by atoms with van der Waals surface area (Å²) in [6.45, 7) is 6.19. The molecule has 112 valence electrons. The lowest BCUT2D eigenvalue weighted by Crippen LogP contribution is -2.43. The van der Waals surface area contributed by atoms with Crippen LogP contribution in [-0.2, 0) is 11.2 Å². The average Bonchev–Trinajstić information content (AvgIpc) is 2.49. The van der Waals surface area contributed by atoms with Gasteiger partial charge in [0.05, 0.1) is 6.10 Å². The molecule has 0 spiro atoms. The lowest BCUT2D eigenvalue weighted by molar-refractivity contribution is -0.000416. The summed E-state index contributed by atoms with van der Waals surface area (Å²) in [4.78, 5) is 2.59. The molecular weight excluding hydrogens is 248 g/mol. The fourth-order valence-electron chi connectivity index (χ4n) is 2.90. The van der Waals surface area contributed by atoms with Gasteiger partial charge in [-0.15, -0.1) is 0 Å². The van der Waals surface area contributed by atoms with E-state index in [4.69, 9.17) is 10.5 Å². The molecule has 1 aromatic carbocycles. The summed E-state index contributed by atoms with van der Waals surface area (Å²) in [5.74, 6) is 0. The Bertz CT molecular complexity index is 361. The quantitative estimate of drug-likeness (QED) is 0.777. The molecule has 1 atom stereocenters. The molecule has 1 aromatic rings. The molecule has 0 aliphatic carbocycles. The molecule has 0 bridgehead atoms. The van der Waals surface area contributed by atoms with Gasteiger partial charge in [0.15, 0.2) is 0 Å². The molecule has 0 saturated carbocycles. The molecule has 0 amide bonds. The van der Waals surface area contributed by atoms with Crippen LogP contribution < -0.4 is 5.73 Å². The van der Waals surface area contributed by atoms with Crippen LogP contribution in [0.2, 0.25) is 0 Å². The number of nitrogens with two attached hydrogens (primary N) is 1. The minimum Gasteiger partial charge on any atom is -0.378 e. The molecule has 20 heavy (non-hydrogen) atoms. The topological polar surface area (TPSA) is 38.5 Å². The molecule has 1 saturated heterocycles. The monoisotopic (exact) mass is 276 g/mol. The molecule has 0 aromatic heterocycles. The van der Waals surface area contributed by atoms with Crippen molar-refractivity contribution in [2.75, 3.05) is 26.2 Å². The highest BCUT2D eigenvalue weighted by Gasteiger charge is 2.22. The van der Waals surface area contributed by atoms with Crippen LogP contribution in [0.4, 0.5) is 0 Å². The van der Waals surface area contributed by atoms with Crippen molar-refractivity contribution < 1.29 is 4.74 Å². The van der Waals surface area contributed by atoms with Crippen LogP contribution in [0.15, 0.2) is 30.3 Å². The van der Waals surface area contributed by atoms with Crippen molar-refractivity contribution in [2.45, 2.75) is 44.8 Å².